The van der Waals surface area contributed by atoms with Gasteiger partial charge in [-0.05, 0) is 36.8 Å². The normalized spacial score (nSPS) is 15.9. The van der Waals surface area contributed by atoms with E-state index in [1.165, 1.54) is 23.3 Å². The van der Waals surface area contributed by atoms with Crippen LogP contribution in [0.15, 0.2) is 23.1 Å². The van der Waals surface area contributed by atoms with Crippen molar-refractivity contribution in [2.24, 2.45) is 0 Å². The molecule has 3 heteroatoms. The molecule has 0 aliphatic heterocycles. The first-order valence-electron chi connectivity index (χ1n) is 4.85. The Morgan fingerprint density at radius 1 is 1.50 bits per heavy atom. The van der Waals surface area contributed by atoms with Gasteiger partial charge < -0.3 is 5.32 Å². The van der Waals surface area contributed by atoms with Gasteiger partial charge >= 0.3 is 0 Å². The Balaban J connectivity index is 2.01. The molecule has 0 radical (unpaired) electrons. The molecule has 2 rings (SSSR count). The number of rotatable bonds is 4. The van der Waals surface area contributed by atoms with E-state index in [1.54, 1.807) is 11.8 Å². The zero-order chi connectivity index (χ0) is 9.97. The van der Waals surface area contributed by atoms with Crippen molar-refractivity contribution < 1.29 is 0 Å². The zero-order valence-corrected chi connectivity index (χ0v) is 9.79. The van der Waals surface area contributed by atoms with Gasteiger partial charge in [0.1, 0.15) is 0 Å². The molecule has 0 saturated heterocycles. The summed E-state index contributed by atoms with van der Waals surface area (Å²) in [5.41, 5.74) is 1.20. The Labute approximate surface area is 94.2 Å². The average Bonchev–Trinajstić information content (AvgIpc) is 2.99. The predicted molar refractivity (Wildman–Crippen MR) is 63.1 cm³/mol. The highest BCUT2D eigenvalue weighted by atomic mass is 35.5. The number of benzene rings is 1. The summed E-state index contributed by atoms with van der Waals surface area (Å²) in [4.78, 5) is 1.23. The van der Waals surface area contributed by atoms with Crippen molar-refractivity contribution in [2.45, 2.75) is 30.3 Å². The highest BCUT2D eigenvalue weighted by molar-refractivity contribution is 7.98. The number of nitrogens with one attached hydrogen (secondary N) is 1. The second-order valence-electron chi connectivity index (χ2n) is 3.61. The number of halogens is 1. The summed E-state index contributed by atoms with van der Waals surface area (Å²) in [5.74, 6) is 0. The zero-order valence-electron chi connectivity index (χ0n) is 8.22. The number of thioether (sulfide) groups is 1. The molecule has 76 valence electrons. The molecule has 1 fully saturated rings. The van der Waals surface area contributed by atoms with E-state index in [9.17, 15) is 0 Å². The van der Waals surface area contributed by atoms with Crippen LogP contribution < -0.4 is 5.32 Å². The summed E-state index contributed by atoms with van der Waals surface area (Å²) in [5, 5.41) is 4.34. The maximum absolute atomic E-state index is 6.16. The smallest absolute Gasteiger partial charge is 0.0462 e. The average molecular weight is 228 g/mol. The fraction of sp³-hybridized carbons (Fsp3) is 0.455. The van der Waals surface area contributed by atoms with Crippen molar-refractivity contribution in [1.29, 1.82) is 0 Å². The van der Waals surface area contributed by atoms with E-state index in [-0.39, 0.29) is 0 Å². The number of hydrogen-bond acceptors (Lipinski definition) is 2. The minimum absolute atomic E-state index is 0.742. The molecular weight excluding hydrogens is 214 g/mol. The minimum atomic E-state index is 0.742. The van der Waals surface area contributed by atoms with Gasteiger partial charge in [0.15, 0.2) is 0 Å². The molecule has 0 unspecified atom stereocenters. The van der Waals surface area contributed by atoms with Gasteiger partial charge in [-0.25, -0.2) is 0 Å². The van der Waals surface area contributed by atoms with Crippen molar-refractivity contribution in [3.05, 3.63) is 28.8 Å². The van der Waals surface area contributed by atoms with E-state index in [0.29, 0.717) is 0 Å². The molecular formula is C11H14ClNS. The van der Waals surface area contributed by atoms with Crippen LogP contribution in [0.25, 0.3) is 0 Å². The van der Waals surface area contributed by atoms with Crippen molar-refractivity contribution in [1.82, 2.24) is 5.32 Å². The van der Waals surface area contributed by atoms with Crippen LogP contribution in [-0.4, -0.2) is 12.3 Å². The molecule has 0 atom stereocenters. The monoisotopic (exact) mass is 227 g/mol. The first-order valence-corrected chi connectivity index (χ1v) is 6.45. The van der Waals surface area contributed by atoms with Gasteiger partial charge in [-0.2, -0.15) is 0 Å². The van der Waals surface area contributed by atoms with E-state index < -0.39 is 0 Å². The second kappa shape index (κ2) is 4.56. The van der Waals surface area contributed by atoms with Crippen LogP contribution in [0.5, 0.6) is 0 Å². The molecule has 0 spiro atoms. The Kier molecular flexibility index (Phi) is 3.37. The summed E-state index contributed by atoms with van der Waals surface area (Å²) in [6.45, 7) is 0.901. The van der Waals surface area contributed by atoms with Crippen LogP contribution in [0.3, 0.4) is 0 Å². The third-order valence-electron chi connectivity index (χ3n) is 2.42. The largest absolute Gasteiger partial charge is 0.310 e. The molecule has 0 amide bonds. The van der Waals surface area contributed by atoms with Gasteiger partial charge in [0.05, 0.1) is 0 Å². The van der Waals surface area contributed by atoms with Crippen LogP contribution in [0.4, 0.5) is 0 Å². The molecule has 0 bridgehead atoms. The maximum Gasteiger partial charge on any atom is 0.0462 e. The quantitative estimate of drug-likeness (QED) is 0.793. The van der Waals surface area contributed by atoms with Crippen molar-refractivity contribution in [3.8, 4) is 0 Å². The predicted octanol–water partition coefficient (Wildman–Crippen LogP) is 3.31. The standard InChI is InChI=1S/C11H14ClNS/c1-14-10-5-2-8(11(12)6-10)7-13-9-3-4-9/h2,5-6,9,13H,3-4,7H2,1H3. The van der Waals surface area contributed by atoms with E-state index in [1.807, 2.05) is 6.07 Å². The lowest BCUT2D eigenvalue weighted by atomic mass is 10.2. The SMILES string of the molecule is CSc1ccc(CNC2CC2)c(Cl)c1. The van der Waals surface area contributed by atoms with Crippen LogP contribution in [0, 0.1) is 0 Å². The third kappa shape index (κ3) is 2.66. The molecule has 1 aromatic rings. The molecule has 0 aromatic heterocycles. The summed E-state index contributed by atoms with van der Waals surface area (Å²) in [6, 6.07) is 7.02. The Hall–Kier alpha value is -0.180. The molecule has 1 saturated carbocycles. The summed E-state index contributed by atoms with van der Waals surface area (Å²) in [7, 11) is 0. The Morgan fingerprint density at radius 2 is 2.29 bits per heavy atom. The van der Waals surface area contributed by atoms with Gasteiger partial charge in [-0.1, -0.05) is 17.7 Å². The molecule has 1 aliphatic rings. The molecule has 1 nitrogen and oxygen atoms in total. The Bertz CT molecular complexity index is 323. The molecule has 14 heavy (non-hydrogen) atoms. The second-order valence-corrected chi connectivity index (χ2v) is 4.90. The van der Waals surface area contributed by atoms with E-state index >= 15 is 0 Å². The summed E-state index contributed by atoms with van der Waals surface area (Å²) in [6.07, 6.45) is 4.70. The van der Waals surface area contributed by atoms with E-state index in [0.717, 1.165) is 17.6 Å². The van der Waals surface area contributed by atoms with Crippen LogP contribution in [-0.2, 0) is 6.54 Å². The van der Waals surface area contributed by atoms with Crippen molar-refractivity contribution >= 4 is 23.4 Å². The lowest BCUT2D eigenvalue weighted by molar-refractivity contribution is 0.687. The van der Waals surface area contributed by atoms with Crippen LogP contribution in [0.2, 0.25) is 5.02 Å². The first kappa shape index (κ1) is 10.3. The first-order chi connectivity index (χ1) is 6.79. The molecule has 1 aliphatic carbocycles. The molecule has 0 heterocycles. The van der Waals surface area contributed by atoms with Crippen molar-refractivity contribution in [3.63, 3.8) is 0 Å². The highest BCUT2D eigenvalue weighted by Gasteiger charge is 2.20. The van der Waals surface area contributed by atoms with Gasteiger partial charge in [0.2, 0.25) is 0 Å². The molecule has 1 N–H and O–H groups in total. The topological polar surface area (TPSA) is 12.0 Å². The maximum atomic E-state index is 6.16. The summed E-state index contributed by atoms with van der Waals surface area (Å²) < 4.78 is 0. The van der Waals surface area contributed by atoms with Gasteiger partial charge in [0, 0.05) is 22.5 Å². The minimum Gasteiger partial charge on any atom is -0.310 e. The molecule has 1 aromatic carbocycles. The number of hydrogen-bond donors (Lipinski definition) is 1. The fourth-order valence-corrected chi connectivity index (χ4v) is 2.09. The van der Waals surface area contributed by atoms with Gasteiger partial charge in [-0.15, -0.1) is 11.8 Å². The third-order valence-corrected chi connectivity index (χ3v) is 3.50. The van der Waals surface area contributed by atoms with Gasteiger partial charge in [0.25, 0.3) is 0 Å². The lowest BCUT2D eigenvalue weighted by Gasteiger charge is -2.06. The highest BCUT2D eigenvalue weighted by Crippen LogP contribution is 2.25. The van der Waals surface area contributed by atoms with Crippen LogP contribution in [0.1, 0.15) is 18.4 Å². The van der Waals surface area contributed by atoms with E-state index in [4.69, 9.17) is 11.6 Å². The fourth-order valence-electron chi connectivity index (χ4n) is 1.34. The van der Waals surface area contributed by atoms with Crippen LogP contribution >= 0.6 is 23.4 Å². The van der Waals surface area contributed by atoms with E-state index in [2.05, 4.69) is 23.7 Å². The summed E-state index contributed by atoms with van der Waals surface area (Å²) >= 11 is 7.88. The van der Waals surface area contributed by atoms with Crippen molar-refractivity contribution in [2.75, 3.05) is 6.26 Å². The lowest BCUT2D eigenvalue weighted by Crippen LogP contribution is -2.15. The van der Waals surface area contributed by atoms with Gasteiger partial charge in [-0.3, -0.25) is 0 Å². The Morgan fingerprint density at radius 3 is 2.86 bits per heavy atom.